The van der Waals surface area contributed by atoms with Crippen LogP contribution < -0.4 is 4.90 Å². The highest BCUT2D eigenvalue weighted by Gasteiger charge is 2.33. The van der Waals surface area contributed by atoms with Gasteiger partial charge in [0.05, 0.1) is 23.4 Å². The van der Waals surface area contributed by atoms with Crippen LogP contribution >= 0.6 is 0 Å². The molecule has 2 unspecified atom stereocenters. The maximum Gasteiger partial charge on any atom is 0.124 e. The predicted molar refractivity (Wildman–Crippen MR) is 78.2 cm³/mol. The fraction of sp³-hybridized carbons (Fsp3) is 0.235. The van der Waals surface area contributed by atoms with Crippen molar-refractivity contribution in [1.29, 1.82) is 5.26 Å². The van der Waals surface area contributed by atoms with Crippen molar-refractivity contribution < 1.29 is 13.9 Å². The molecule has 1 N–H and O–H groups in total. The molecule has 0 bridgehead atoms. The normalized spacial score (nSPS) is 20.9. The molecule has 1 heterocycles. The van der Waals surface area contributed by atoms with Gasteiger partial charge in [-0.2, -0.15) is 5.26 Å². The molecule has 1 fully saturated rings. The summed E-state index contributed by atoms with van der Waals surface area (Å²) in [5, 5.41) is 19.2. The van der Waals surface area contributed by atoms with E-state index in [4.69, 9.17) is 0 Å². The first kappa shape index (κ1) is 14.5. The van der Waals surface area contributed by atoms with Crippen LogP contribution in [0.1, 0.15) is 23.6 Å². The van der Waals surface area contributed by atoms with Gasteiger partial charge in [-0.05, 0) is 42.3 Å². The third kappa shape index (κ3) is 2.66. The molecule has 1 saturated heterocycles. The number of halogens is 2. The predicted octanol–water partition coefficient (Wildman–Crippen LogP) is 3.15. The third-order valence-corrected chi connectivity index (χ3v) is 3.90. The van der Waals surface area contributed by atoms with Gasteiger partial charge in [0.15, 0.2) is 0 Å². The minimum absolute atomic E-state index is 0.204. The van der Waals surface area contributed by atoms with Crippen LogP contribution in [-0.2, 0) is 0 Å². The molecule has 3 nitrogen and oxygen atoms in total. The van der Waals surface area contributed by atoms with Crippen molar-refractivity contribution in [3.63, 3.8) is 0 Å². The quantitative estimate of drug-likeness (QED) is 0.927. The van der Waals surface area contributed by atoms with E-state index in [2.05, 4.69) is 0 Å². The first-order chi connectivity index (χ1) is 10.6. The molecular formula is C17H14F2N2O. The van der Waals surface area contributed by atoms with E-state index in [9.17, 15) is 19.1 Å². The van der Waals surface area contributed by atoms with E-state index in [0.717, 1.165) is 5.56 Å². The van der Waals surface area contributed by atoms with Gasteiger partial charge in [-0.25, -0.2) is 8.78 Å². The maximum atomic E-state index is 13.5. The number of benzene rings is 2. The van der Waals surface area contributed by atoms with E-state index in [1.165, 1.54) is 30.3 Å². The van der Waals surface area contributed by atoms with Crippen LogP contribution in [0.5, 0.6) is 0 Å². The van der Waals surface area contributed by atoms with Gasteiger partial charge in [-0.15, -0.1) is 0 Å². The molecule has 112 valence electrons. The molecule has 3 rings (SSSR count). The first-order valence-electron chi connectivity index (χ1n) is 6.98. The van der Waals surface area contributed by atoms with Crippen molar-refractivity contribution in [3.8, 4) is 6.07 Å². The largest absolute Gasteiger partial charge is 0.391 e. The number of aliphatic hydroxyl groups excluding tert-OH is 1. The zero-order valence-electron chi connectivity index (χ0n) is 11.7. The standard InChI is InChI=1S/C17H14F2N2O/c18-13-3-1-2-11(6-13)17-8-15(22)10-21(17)16-5-4-14(19)7-12(16)9-20/h1-7,15,17,22H,8,10H2. The van der Waals surface area contributed by atoms with Gasteiger partial charge in [-0.1, -0.05) is 12.1 Å². The molecule has 5 heteroatoms. The minimum atomic E-state index is -0.579. The van der Waals surface area contributed by atoms with Crippen LogP contribution in [0, 0.1) is 23.0 Å². The highest BCUT2D eigenvalue weighted by atomic mass is 19.1. The fourth-order valence-electron chi connectivity index (χ4n) is 2.96. The lowest BCUT2D eigenvalue weighted by Crippen LogP contribution is -2.25. The molecule has 0 amide bonds. The smallest absolute Gasteiger partial charge is 0.124 e. The number of nitriles is 1. The van der Waals surface area contributed by atoms with Crippen LogP contribution in [0.15, 0.2) is 42.5 Å². The van der Waals surface area contributed by atoms with Crippen LogP contribution in [0.2, 0.25) is 0 Å². The number of hydrogen-bond acceptors (Lipinski definition) is 3. The Kier molecular flexibility index (Phi) is 3.78. The number of β-amino-alcohol motifs (C(OH)–C–C–N with tert-alkyl or cyclic N) is 1. The molecule has 1 aliphatic heterocycles. The van der Waals surface area contributed by atoms with Gasteiger partial charge in [0, 0.05) is 6.54 Å². The minimum Gasteiger partial charge on any atom is -0.391 e. The molecule has 2 atom stereocenters. The maximum absolute atomic E-state index is 13.5. The number of hydrogen-bond donors (Lipinski definition) is 1. The summed E-state index contributed by atoms with van der Waals surface area (Å²) in [6.07, 6.45) is -0.143. The summed E-state index contributed by atoms with van der Waals surface area (Å²) in [7, 11) is 0. The van der Waals surface area contributed by atoms with Gasteiger partial charge >= 0.3 is 0 Å². The fourth-order valence-corrected chi connectivity index (χ4v) is 2.96. The zero-order valence-corrected chi connectivity index (χ0v) is 11.7. The Bertz CT molecular complexity index is 742. The summed E-state index contributed by atoms with van der Waals surface area (Å²) in [5.41, 5.74) is 1.48. The Labute approximate surface area is 127 Å². The zero-order chi connectivity index (χ0) is 15.7. The first-order valence-corrected chi connectivity index (χ1v) is 6.98. The van der Waals surface area contributed by atoms with Crippen molar-refractivity contribution in [3.05, 3.63) is 65.2 Å². The summed E-state index contributed by atoms with van der Waals surface area (Å²) in [6, 6.07) is 11.9. The molecule has 22 heavy (non-hydrogen) atoms. The Hall–Kier alpha value is -2.45. The SMILES string of the molecule is N#Cc1cc(F)ccc1N1CC(O)CC1c1cccc(F)c1. The Morgan fingerprint density at radius 3 is 2.64 bits per heavy atom. The Balaban J connectivity index is 2.03. The molecule has 0 radical (unpaired) electrons. The lowest BCUT2D eigenvalue weighted by molar-refractivity contribution is 0.194. The van der Waals surface area contributed by atoms with Crippen molar-refractivity contribution in [2.45, 2.75) is 18.6 Å². The van der Waals surface area contributed by atoms with Crippen molar-refractivity contribution in [1.82, 2.24) is 0 Å². The number of rotatable bonds is 2. The molecule has 0 saturated carbocycles. The number of anilines is 1. The van der Waals surface area contributed by atoms with E-state index >= 15 is 0 Å². The highest BCUT2D eigenvalue weighted by molar-refractivity contribution is 5.61. The molecule has 2 aromatic carbocycles. The van der Waals surface area contributed by atoms with Crippen molar-refractivity contribution in [2.24, 2.45) is 0 Å². The third-order valence-electron chi connectivity index (χ3n) is 3.90. The second-order valence-corrected chi connectivity index (χ2v) is 5.39. The molecule has 2 aromatic rings. The molecular weight excluding hydrogens is 286 g/mol. The lowest BCUT2D eigenvalue weighted by Gasteiger charge is -2.27. The average Bonchev–Trinajstić information content (AvgIpc) is 2.89. The van der Waals surface area contributed by atoms with Gasteiger partial charge in [0.25, 0.3) is 0 Å². The molecule has 0 aromatic heterocycles. The van der Waals surface area contributed by atoms with Crippen molar-refractivity contribution in [2.75, 3.05) is 11.4 Å². The summed E-state index contributed by atoms with van der Waals surface area (Å²) >= 11 is 0. The van der Waals surface area contributed by atoms with Gasteiger partial charge in [0.2, 0.25) is 0 Å². The summed E-state index contributed by atoms with van der Waals surface area (Å²) < 4.78 is 26.8. The van der Waals surface area contributed by atoms with Crippen LogP contribution in [0.4, 0.5) is 14.5 Å². The Morgan fingerprint density at radius 2 is 1.91 bits per heavy atom. The van der Waals surface area contributed by atoms with Gasteiger partial charge in [0.1, 0.15) is 17.7 Å². The van der Waals surface area contributed by atoms with Crippen LogP contribution in [0.3, 0.4) is 0 Å². The highest BCUT2D eigenvalue weighted by Crippen LogP contribution is 2.38. The van der Waals surface area contributed by atoms with E-state index in [1.54, 1.807) is 12.1 Å². The van der Waals surface area contributed by atoms with E-state index in [0.29, 0.717) is 18.7 Å². The molecule has 0 aliphatic carbocycles. The van der Waals surface area contributed by atoms with Crippen molar-refractivity contribution >= 4 is 5.69 Å². The molecule has 0 spiro atoms. The van der Waals surface area contributed by atoms with Crippen LogP contribution in [-0.4, -0.2) is 17.8 Å². The summed E-state index contributed by atoms with van der Waals surface area (Å²) in [6.45, 7) is 0.321. The van der Waals surface area contributed by atoms with E-state index in [1.807, 2.05) is 11.0 Å². The van der Waals surface area contributed by atoms with Gasteiger partial charge < -0.3 is 10.0 Å². The van der Waals surface area contributed by atoms with Gasteiger partial charge in [-0.3, -0.25) is 0 Å². The van der Waals surface area contributed by atoms with E-state index in [-0.39, 0.29) is 17.4 Å². The Morgan fingerprint density at radius 1 is 1.14 bits per heavy atom. The average molecular weight is 300 g/mol. The monoisotopic (exact) mass is 300 g/mol. The number of aliphatic hydroxyl groups is 1. The van der Waals surface area contributed by atoms with E-state index < -0.39 is 11.9 Å². The summed E-state index contributed by atoms with van der Waals surface area (Å²) in [5.74, 6) is -0.833. The molecule has 1 aliphatic rings. The summed E-state index contributed by atoms with van der Waals surface area (Å²) in [4.78, 5) is 1.83. The number of nitrogens with zero attached hydrogens (tertiary/aromatic N) is 2. The topological polar surface area (TPSA) is 47.3 Å². The lowest BCUT2D eigenvalue weighted by atomic mass is 10.0. The van der Waals surface area contributed by atoms with Crippen LogP contribution in [0.25, 0.3) is 0 Å². The second kappa shape index (κ2) is 5.74. The second-order valence-electron chi connectivity index (χ2n) is 5.39.